The van der Waals surface area contributed by atoms with E-state index in [4.69, 9.17) is 5.73 Å². The minimum atomic E-state index is -0.130. The molecular weight excluding hydrogens is 230 g/mol. The lowest BCUT2D eigenvalue weighted by molar-refractivity contribution is 0.0790. The smallest absolute Gasteiger partial charge is 0.271 e. The van der Waals surface area contributed by atoms with E-state index in [1.54, 1.807) is 18.1 Å². The van der Waals surface area contributed by atoms with Crippen LogP contribution in [0, 0.1) is 0 Å². The van der Waals surface area contributed by atoms with Crippen LogP contribution in [0.25, 0.3) is 0 Å². The molecule has 0 saturated carbocycles. The minimum absolute atomic E-state index is 0.130. The largest absolute Gasteiger partial charge is 0.382 e. The third kappa shape index (κ3) is 2.85. The average molecular weight is 245 g/mol. The maximum absolute atomic E-state index is 12.0. The van der Waals surface area contributed by atoms with Crippen molar-refractivity contribution >= 4 is 11.7 Å². The number of anilines is 1. The third-order valence-electron chi connectivity index (χ3n) is 2.60. The van der Waals surface area contributed by atoms with Gasteiger partial charge in [0.05, 0.1) is 0 Å². The second kappa shape index (κ2) is 5.31. The van der Waals surface area contributed by atoms with Gasteiger partial charge in [0.15, 0.2) is 0 Å². The number of nitrogens with two attached hydrogens (primary N) is 1. The Morgan fingerprint density at radius 2 is 2.33 bits per heavy atom. The molecule has 0 atom stereocenters. The standard InChI is InChI=1S/C12H15N5O/c1-17(7-5-9-4-2-3-6-14-9)12(18)10-8-11(13)16-15-10/h2-4,6,8H,5,7H2,1H3,(H3,13,15,16). The molecule has 94 valence electrons. The molecule has 2 rings (SSSR count). The van der Waals surface area contributed by atoms with E-state index in [2.05, 4.69) is 15.2 Å². The van der Waals surface area contributed by atoms with Crippen LogP contribution in [0.4, 0.5) is 5.82 Å². The number of pyridine rings is 1. The highest BCUT2D eigenvalue weighted by Crippen LogP contribution is 2.05. The van der Waals surface area contributed by atoms with Gasteiger partial charge in [0.1, 0.15) is 11.5 Å². The monoisotopic (exact) mass is 245 g/mol. The van der Waals surface area contributed by atoms with E-state index in [0.29, 0.717) is 24.5 Å². The summed E-state index contributed by atoms with van der Waals surface area (Å²) >= 11 is 0. The quantitative estimate of drug-likeness (QED) is 0.830. The van der Waals surface area contributed by atoms with Crippen molar-refractivity contribution in [2.45, 2.75) is 6.42 Å². The normalized spacial score (nSPS) is 10.3. The van der Waals surface area contributed by atoms with Gasteiger partial charge in [-0.05, 0) is 12.1 Å². The zero-order valence-electron chi connectivity index (χ0n) is 10.1. The second-order valence-corrected chi connectivity index (χ2v) is 4.00. The number of H-pyrrole nitrogens is 1. The Balaban J connectivity index is 1.92. The lowest BCUT2D eigenvalue weighted by Gasteiger charge is -2.15. The summed E-state index contributed by atoms with van der Waals surface area (Å²) in [5, 5.41) is 6.33. The van der Waals surface area contributed by atoms with Crippen LogP contribution in [0.15, 0.2) is 30.5 Å². The highest BCUT2D eigenvalue weighted by Gasteiger charge is 2.13. The number of amides is 1. The Morgan fingerprint density at radius 1 is 1.50 bits per heavy atom. The molecule has 0 bridgehead atoms. The van der Waals surface area contributed by atoms with E-state index < -0.39 is 0 Å². The van der Waals surface area contributed by atoms with E-state index in [-0.39, 0.29) is 5.91 Å². The van der Waals surface area contributed by atoms with Crippen LogP contribution in [0.2, 0.25) is 0 Å². The molecule has 6 heteroatoms. The molecule has 2 aromatic heterocycles. The van der Waals surface area contributed by atoms with Gasteiger partial charge in [-0.15, -0.1) is 0 Å². The molecule has 0 aliphatic rings. The van der Waals surface area contributed by atoms with Crippen LogP contribution in [0.3, 0.4) is 0 Å². The molecule has 0 aromatic carbocycles. The van der Waals surface area contributed by atoms with Crippen molar-refractivity contribution < 1.29 is 4.79 Å². The van der Waals surface area contributed by atoms with Gasteiger partial charge in [0, 0.05) is 38.0 Å². The number of hydrogen-bond acceptors (Lipinski definition) is 4. The number of nitrogens with one attached hydrogen (secondary N) is 1. The number of carbonyl (C=O) groups is 1. The molecule has 2 aromatic rings. The highest BCUT2D eigenvalue weighted by atomic mass is 16.2. The summed E-state index contributed by atoms with van der Waals surface area (Å²) in [6.07, 6.45) is 2.46. The molecule has 0 spiro atoms. The van der Waals surface area contributed by atoms with Crippen LogP contribution >= 0.6 is 0 Å². The summed E-state index contributed by atoms with van der Waals surface area (Å²) in [6, 6.07) is 7.26. The first-order chi connectivity index (χ1) is 8.66. The Hall–Kier alpha value is -2.37. The number of aromatic amines is 1. The Labute approximate surface area is 105 Å². The molecule has 0 aliphatic carbocycles. The minimum Gasteiger partial charge on any atom is -0.382 e. The number of carbonyl (C=O) groups excluding carboxylic acids is 1. The van der Waals surface area contributed by atoms with Crippen LogP contribution in [0.1, 0.15) is 16.2 Å². The number of aromatic nitrogens is 3. The first kappa shape index (κ1) is 12.1. The maximum Gasteiger partial charge on any atom is 0.271 e. The molecule has 2 heterocycles. The van der Waals surface area contributed by atoms with Crippen molar-refractivity contribution in [1.29, 1.82) is 0 Å². The number of nitrogen functional groups attached to an aromatic ring is 1. The molecule has 1 amide bonds. The maximum atomic E-state index is 12.0. The van der Waals surface area contributed by atoms with Crippen LogP contribution < -0.4 is 5.73 Å². The summed E-state index contributed by atoms with van der Waals surface area (Å²) < 4.78 is 0. The van der Waals surface area contributed by atoms with Gasteiger partial charge >= 0.3 is 0 Å². The molecule has 6 nitrogen and oxygen atoms in total. The lowest BCUT2D eigenvalue weighted by Crippen LogP contribution is -2.29. The SMILES string of the molecule is CN(CCc1ccccn1)C(=O)c1cc(N)n[nH]1. The molecular formula is C12H15N5O. The Kier molecular flexibility index (Phi) is 3.57. The Bertz CT molecular complexity index is 522. The Morgan fingerprint density at radius 3 is 2.94 bits per heavy atom. The van der Waals surface area contributed by atoms with E-state index >= 15 is 0 Å². The molecule has 18 heavy (non-hydrogen) atoms. The van der Waals surface area contributed by atoms with Crippen LogP contribution in [-0.4, -0.2) is 39.6 Å². The van der Waals surface area contributed by atoms with Crippen molar-refractivity contribution in [2.75, 3.05) is 19.3 Å². The molecule has 0 radical (unpaired) electrons. The summed E-state index contributed by atoms with van der Waals surface area (Å²) in [4.78, 5) is 17.8. The van der Waals surface area contributed by atoms with Crippen molar-refractivity contribution in [1.82, 2.24) is 20.1 Å². The van der Waals surface area contributed by atoms with Gasteiger partial charge in [-0.1, -0.05) is 6.07 Å². The predicted octanol–water partition coefficient (Wildman–Crippen LogP) is 0.702. The number of likely N-dealkylation sites (N-methyl/N-ethyl adjacent to an activating group) is 1. The highest BCUT2D eigenvalue weighted by molar-refractivity contribution is 5.92. The van der Waals surface area contributed by atoms with Crippen LogP contribution in [0.5, 0.6) is 0 Å². The summed E-state index contributed by atoms with van der Waals surface area (Å²) in [5.74, 6) is 0.187. The summed E-state index contributed by atoms with van der Waals surface area (Å²) in [5.41, 5.74) is 6.82. The van der Waals surface area contributed by atoms with Crippen molar-refractivity contribution in [3.8, 4) is 0 Å². The second-order valence-electron chi connectivity index (χ2n) is 4.00. The van der Waals surface area contributed by atoms with E-state index in [0.717, 1.165) is 5.69 Å². The van der Waals surface area contributed by atoms with Gasteiger partial charge in [-0.25, -0.2) is 0 Å². The number of rotatable bonds is 4. The molecule has 0 aliphatic heterocycles. The first-order valence-electron chi connectivity index (χ1n) is 5.63. The van der Waals surface area contributed by atoms with Crippen molar-refractivity contribution in [2.24, 2.45) is 0 Å². The van der Waals surface area contributed by atoms with Gasteiger partial charge in [-0.3, -0.25) is 14.9 Å². The fraction of sp³-hybridized carbons (Fsp3) is 0.250. The molecule has 3 N–H and O–H groups in total. The average Bonchev–Trinajstić information content (AvgIpc) is 2.83. The van der Waals surface area contributed by atoms with Gasteiger partial charge in [0.25, 0.3) is 5.91 Å². The molecule has 0 unspecified atom stereocenters. The van der Waals surface area contributed by atoms with Gasteiger partial charge < -0.3 is 10.6 Å². The molecule has 0 saturated heterocycles. The third-order valence-corrected chi connectivity index (χ3v) is 2.60. The van der Waals surface area contributed by atoms with Gasteiger partial charge in [-0.2, -0.15) is 5.10 Å². The number of hydrogen-bond donors (Lipinski definition) is 2. The lowest BCUT2D eigenvalue weighted by atomic mass is 10.2. The van der Waals surface area contributed by atoms with E-state index in [9.17, 15) is 4.79 Å². The van der Waals surface area contributed by atoms with Crippen molar-refractivity contribution in [3.63, 3.8) is 0 Å². The fourth-order valence-corrected chi connectivity index (χ4v) is 1.58. The first-order valence-corrected chi connectivity index (χ1v) is 5.63. The van der Waals surface area contributed by atoms with E-state index in [1.807, 2.05) is 18.2 Å². The van der Waals surface area contributed by atoms with Crippen LogP contribution in [-0.2, 0) is 6.42 Å². The predicted molar refractivity (Wildman–Crippen MR) is 67.9 cm³/mol. The van der Waals surface area contributed by atoms with Crippen molar-refractivity contribution in [3.05, 3.63) is 41.9 Å². The fourth-order valence-electron chi connectivity index (χ4n) is 1.58. The van der Waals surface area contributed by atoms with E-state index in [1.165, 1.54) is 6.07 Å². The topological polar surface area (TPSA) is 87.9 Å². The summed E-state index contributed by atoms with van der Waals surface area (Å²) in [6.45, 7) is 0.592. The zero-order valence-corrected chi connectivity index (χ0v) is 10.1. The zero-order chi connectivity index (χ0) is 13.0. The molecule has 0 fully saturated rings. The van der Waals surface area contributed by atoms with Gasteiger partial charge in [0.2, 0.25) is 0 Å². The number of nitrogens with zero attached hydrogens (tertiary/aromatic N) is 3. The summed E-state index contributed by atoms with van der Waals surface area (Å²) in [7, 11) is 1.74.